The normalized spacial score (nSPS) is 26.2. The zero-order valence-corrected chi connectivity index (χ0v) is 13.3. The van der Waals surface area contributed by atoms with E-state index in [9.17, 15) is 8.42 Å². The molecule has 0 amide bonds. The molecule has 2 rings (SSSR count). The van der Waals surface area contributed by atoms with Gasteiger partial charge in [-0.05, 0) is 60.7 Å². The Labute approximate surface area is 122 Å². The summed E-state index contributed by atoms with van der Waals surface area (Å²) in [6.07, 6.45) is -0.125. The van der Waals surface area contributed by atoms with Gasteiger partial charge in [0.1, 0.15) is 0 Å². The Kier molecular flexibility index (Phi) is 4.30. The fourth-order valence-corrected chi connectivity index (χ4v) is 4.03. The number of sulfonamides is 1. The summed E-state index contributed by atoms with van der Waals surface area (Å²) >= 11 is 2.16. The van der Waals surface area contributed by atoms with E-state index < -0.39 is 10.0 Å². The maximum Gasteiger partial charge on any atom is 0.243 e. The monoisotopic (exact) mass is 381 g/mol. The Morgan fingerprint density at radius 2 is 1.67 bits per heavy atom. The Morgan fingerprint density at radius 1 is 1.17 bits per heavy atom. The van der Waals surface area contributed by atoms with Crippen LogP contribution in [0.15, 0.2) is 29.2 Å². The van der Waals surface area contributed by atoms with Crippen molar-refractivity contribution in [3.8, 4) is 0 Å². The summed E-state index contributed by atoms with van der Waals surface area (Å²) in [5.74, 6) is 0. The van der Waals surface area contributed by atoms with Gasteiger partial charge in [-0.1, -0.05) is 0 Å². The van der Waals surface area contributed by atoms with Crippen LogP contribution in [0.2, 0.25) is 0 Å². The SMILES string of the molecule is C[C@H]1CN(S(=O)(=O)c2ccc(I)cc2)C[C@H](C)O1. The Balaban J connectivity index is 2.28. The van der Waals surface area contributed by atoms with Gasteiger partial charge in [-0.15, -0.1) is 0 Å². The van der Waals surface area contributed by atoms with Crippen molar-refractivity contribution in [2.75, 3.05) is 13.1 Å². The molecule has 18 heavy (non-hydrogen) atoms. The van der Waals surface area contributed by atoms with E-state index in [1.165, 1.54) is 4.31 Å². The van der Waals surface area contributed by atoms with Crippen LogP contribution in [-0.4, -0.2) is 38.0 Å². The lowest BCUT2D eigenvalue weighted by molar-refractivity contribution is -0.0440. The average Bonchev–Trinajstić information content (AvgIpc) is 2.28. The van der Waals surface area contributed by atoms with Crippen LogP contribution in [0.25, 0.3) is 0 Å². The molecule has 1 aromatic rings. The van der Waals surface area contributed by atoms with Crippen LogP contribution >= 0.6 is 22.6 Å². The maximum absolute atomic E-state index is 12.5. The third kappa shape index (κ3) is 3.04. The summed E-state index contributed by atoms with van der Waals surface area (Å²) < 4.78 is 33.0. The highest BCUT2D eigenvalue weighted by atomic mass is 127. The molecule has 0 bridgehead atoms. The molecule has 1 fully saturated rings. The molecule has 0 spiro atoms. The summed E-state index contributed by atoms with van der Waals surface area (Å²) in [6.45, 7) is 4.62. The third-order valence-electron chi connectivity index (χ3n) is 2.84. The van der Waals surface area contributed by atoms with E-state index in [0.717, 1.165) is 3.57 Å². The van der Waals surface area contributed by atoms with Crippen molar-refractivity contribution in [2.45, 2.75) is 31.0 Å². The molecule has 6 heteroatoms. The Bertz CT molecular complexity index is 505. The molecule has 0 aliphatic carbocycles. The molecule has 100 valence electrons. The van der Waals surface area contributed by atoms with Gasteiger partial charge in [0.25, 0.3) is 0 Å². The molecule has 0 radical (unpaired) electrons. The molecular weight excluding hydrogens is 365 g/mol. The largest absolute Gasteiger partial charge is 0.373 e. The zero-order valence-electron chi connectivity index (χ0n) is 10.3. The van der Waals surface area contributed by atoms with Crippen molar-refractivity contribution >= 4 is 32.6 Å². The number of rotatable bonds is 2. The van der Waals surface area contributed by atoms with Gasteiger partial charge < -0.3 is 4.74 Å². The van der Waals surface area contributed by atoms with Gasteiger partial charge in [0, 0.05) is 16.7 Å². The third-order valence-corrected chi connectivity index (χ3v) is 5.40. The van der Waals surface area contributed by atoms with Crippen molar-refractivity contribution in [3.05, 3.63) is 27.8 Å². The van der Waals surface area contributed by atoms with E-state index in [0.29, 0.717) is 18.0 Å². The van der Waals surface area contributed by atoms with Crippen LogP contribution in [0.4, 0.5) is 0 Å². The lowest BCUT2D eigenvalue weighted by Crippen LogP contribution is -2.48. The number of hydrogen-bond acceptors (Lipinski definition) is 3. The molecule has 0 saturated carbocycles. The number of hydrogen-bond donors (Lipinski definition) is 0. The second kappa shape index (κ2) is 5.44. The van der Waals surface area contributed by atoms with Gasteiger partial charge in [0.05, 0.1) is 17.1 Å². The highest BCUT2D eigenvalue weighted by molar-refractivity contribution is 14.1. The molecule has 2 atom stereocenters. The molecule has 4 nitrogen and oxygen atoms in total. The van der Waals surface area contributed by atoms with E-state index >= 15 is 0 Å². The fourth-order valence-electron chi connectivity index (χ4n) is 2.08. The summed E-state index contributed by atoms with van der Waals surface area (Å²) in [4.78, 5) is 0.351. The van der Waals surface area contributed by atoms with Crippen molar-refractivity contribution in [3.63, 3.8) is 0 Å². The zero-order chi connectivity index (χ0) is 13.3. The molecule has 1 aliphatic rings. The predicted molar refractivity (Wildman–Crippen MR) is 77.9 cm³/mol. The van der Waals surface area contributed by atoms with Gasteiger partial charge in [0.2, 0.25) is 10.0 Å². The highest BCUT2D eigenvalue weighted by Gasteiger charge is 2.31. The molecule has 1 aliphatic heterocycles. The van der Waals surface area contributed by atoms with E-state index in [1.807, 2.05) is 13.8 Å². The molecule has 1 saturated heterocycles. The lowest BCUT2D eigenvalue weighted by atomic mass is 10.3. The molecular formula is C12H16INO3S. The number of ether oxygens (including phenoxy) is 1. The molecule has 1 aromatic carbocycles. The first kappa shape index (κ1) is 14.2. The molecule has 0 N–H and O–H groups in total. The molecule has 0 aromatic heterocycles. The second-order valence-electron chi connectivity index (χ2n) is 4.53. The van der Waals surface area contributed by atoms with Gasteiger partial charge in [-0.3, -0.25) is 0 Å². The number of nitrogens with zero attached hydrogens (tertiary/aromatic N) is 1. The van der Waals surface area contributed by atoms with Crippen LogP contribution in [0, 0.1) is 3.57 Å². The Hall–Kier alpha value is -0.180. The Morgan fingerprint density at radius 3 is 2.17 bits per heavy atom. The van der Waals surface area contributed by atoms with E-state index in [2.05, 4.69) is 22.6 Å². The predicted octanol–water partition coefficient (Wildman–Crippen LogP) is 2.09. The molecule has 0 unspecified atom stereocenters. The summed E-state index contributed by atoms with van der Waals surface area (Å²) in [6, 6.07) is 6.92. The first-order chi connectivity index (χ1) is 8.39. The van der Waals surface area contributed by atoms with Gasteiger partial charge >= 0.3 is 0 Å². The van der Waals surface area contributed by atoms with Gasteiger partial charge in [0.15, 0.2) is 0 Å². The van der Waals surface area contributed by atoms with Crippen molar-refractivity contribution in [1.82, 2.24) is 4.31 Å². The molecule has 1 heterocycles. The lowest BCUT2D eigenvalue weighted by Gasteiger charge is -2.34. The number of morpholine rings is 1. The summed E-state index contributed by atoms with van der Waals surface area (Å²) in [7, 11) is -3.39. The van der Waals surface area contributed by atoms with Gasteiger partial charge in [-0.25, -0.2) is 8.42 Å². The quantitative estimate of drug-likeness (QED) is 0.738. The van der Waals surface area contributed by atoms with Crippen LogP contribution in [0.5, 0.6) is 0 Å². The van der Waals surface area contributed by atoms with Crippen LogP contribution in [0.1, 0.15) is 13.8 Å². The van der Waals surface area contributed by atoms with Crippen LogP contribution < -0.4 is 0 Å². The minimum Gasteiger partial charge on any atom is -0.373 e. The van der Waals surface area contributed by atoms with Crippen molar-refractivity contribution in [2.24, 2.45) is 0 Å². The number of halogens is 1. The van der Waals surface area contributed by atoms with E-state index in [1.54, 1.807) is 24.3 Å². The van der Waals surface area contributed by atoms with Crippen molar-refractivity contribution in [1.29, 1.82) is 0 Å². The minimum absolute atomic E-state index is 0.0626. The first-order valence-corrected chi connectivity index (χ1v) is 8.32. The average molecular weight is 381 g/mol. The highest BCUT2D eigenvalue weighted by Crippen LogP contribution is 2.21. The fraction of sp³-hybridized carbons (Fsp3) is 0.500. The standard InChI is InChI=1S/C12H16INO3S/c1-9-7-14(8-10(2)17-9)18(15,16)12-5-3-11(13)4-6-12/h3-6,9-10H,7-8H2,1-2H3/t9-,10-/m0/s1. The first-order valence-electron chi connectivity index (χ1n) is 5.81. The topological polar surface area (TPSA) is 46.6 Å². The van der Waals surface area contributed by atoms with Gasteiger partial charge in [-0.2, -0.15) is 4.31 Å². The summed E-state index contributed by atoms with van der Waals surface area (Å²) in [5, 5.41) is 0. The number of benzene rings is 1. The summed E-state index contributed by atoms with van der Waals surface area (Å²) in [5.41, 5.74) is 0. The van der Waals surface area contributed by atoms with Crippen LogP contribution in [-0.2, 0) is 14.8 Å². The maximum atomic E-state index is 12.5. The van der Waals surface area contributed by atoms with E-state index in [4.69, 9.17) is 4.74 Å². The van der Waals surface area contributed by atoms with Crippen molar-refractivity contribution < 1.29 is 13.2 Å². The second-order valence-corrected chi connectivity index (χ2v) is 7.72. The van der Waals surface area contributed by atoms with E-state index in [-0.39, 0.29) is 12.2 Å². The smallest absolute Gasteiger partial charge is 0.243 e. The minimum atomic E-state index is -3.39. The van der Waals surface area contributed by atoms with Crippen LogP contribution in [0.3, 0.4) is 0 Å².